The van der Waals surface area contributed by atoms with E-state index < -0.39 is 0 Å². The van der Waals surface area contributed by atoms with Gasteiger partial charge in [0.1, 0.15) is 11.5 Å². The number of anilines is 1. The van der Waals surface area contributed by atoms with E-state index in [1.54, 1.807) is 0 Å². The normalized spacial score (nSPS) is 11.0. The van der Waals surface area contributed by atoms with Crippen molar-refractivity contribution in [1.29, 1.82) is 0 Å². The predicted octanol–water partition coefficient (Wildman–Crippen LogP) is 4.31. The molecular formula is C19H27ClN4O. The maximum atomic E-state index is 5.64. The minimum absolute atomic E-state index is 0. The van der Waals surface area contributed by atoms with Gasteiger partial charge in [0.15, 0.2) is 0 Å². The average molecular weight is 363 g/mol. The van der Waals surface area contributed by atoms with Gasteiger partial charge in [0.2, 0.25) is 5.95 Å². The molecule has 0 amide bonds. The fourth-order valence-electron chi connectivity index (χ4n) is 2.96. The minimum Gasteiger partial charge on any atom is -0.465 e. The van der Waals surface area contributed by atoms with Gasteiger partial charge in [-0.15, -0.1) is 12.4 Å². The number of hydrogen-bond acceptors (Lipinski definition) is 4. The smallest absolute Gasteiger partial charge is 0.204 e. The molecule has 0 aliphatic carbocycles. The summed E-state index contributed by atoms with van der Waals surface area (Å²) in [4.78, 5) is 7.18. The largest absolute Gasteiger partial charge is 0.465 e. The number of para-hydroxylation sites is 2. The molecule has 136 valence electrons. The van der Waals surface area contributed by atoms with Crippen molar-refractivity contribution < 1.29 is 4.42 Å². The van der Waals surface area contributed by atoms with Crippen LogP contribution in [0.15, 0.2) is 40.8 Å². The Morgan fingerprint density at radius 2 is 1.88 bits per heavy atom. The van der Waals surface area contributed by atoms with Gasteiger partial charge in [-0.25, -0.2) is 4.98 Å². The summed E-state index contributed by atoms with van der Waals surface area (Å²) in [7, 11) is 0. The lowest BCUT2D eigenvalue weighted by atomic mass is 10.3. The lowest BCUT2D eigenvalue weighted by Gasteiger charge is -2.19. The van der Waals surface area contributed by atoms with Crippen molar-refractivity contribution in [3.63, 3.8) is 0 Å². The number of aryl methyl sites for hydroxylation is 1. The van der Waals surface area contributed by atoms with Gasteiger partial charge in [-0.2, -0.15) is 0 Å². The van der Waals surface area contributed by atoms with Crippen molar-refractivity contribution in [2.24, 2.45) is 0 Å². The number of furan rings is 1. The summed E-state index contributed by atoms with van der Waals surface area (Å²) in [5.74, 6) is 2.76. The number of nitrogens with zero attached hydrogens (tertiary/aromatic N) is 3. The van der Waals surface area contributed by atoms with Crippen LogP contribution in [0.2, 0.25) is 0 Å². The summed E-state index contributed by atoms with van der Waals surface area (Å²) in [6, 6.07) is 12.3. The monoisotopic (exact) mass is 362 g/mol. The number of likely N-dealkylation sites (N-methyl/N-ethyl adjacent to an activating group) is 1. The zero-order valence-corrected chi connectivity index (χ0v) is 16.0. The Balaban J connectivity index is 0.00000225. The number of nitrogens with one attached hydrogen (secondary N) is 1. The topological polar surface area (TPSA) is 46.2 Å². The molecule has 1 N–H and O–H groups in total. The third-order valence-corrected chi connectivity index (χ3v) is 4.41. The van der Waals surface area contributed by atoms with Gasteiger partial charge < -0.3 is 19.2 Å². The second kappa shape index (κ2) is 8.92. The third kappa shape index (κ3) is 4.55. The molecule has 0 saturated heterocycles. The van der Waals surface area contributed by atoms with Crippen LogP contribution in [0.1, 0.15) is 25.4 Å². The van der Waals surface area contributed by atoms with Gasteiger partial charge in [-0.1, -0.05) is 26.0 Å². The number of aromatic nitrogens is 2. The van der Waals surface area contributed by atoms with E-state index in [0.717, 1.165) is 49.2 Å². The second-order valence-electron chi connectivity index (χ2n) is 5.97. The molecule has 3 aromatic rings. The highest BCUT2D eigenvalue weighted by Gasteiger charge is 2.11. The molecule has 0 spiro atoms. The van der Waals surface area contributed by atoms with Gasteiger partial charge in [0.25, 0.3) is 0 Å². The molecule has 6 heteroatoms. The molecule has 2 aromatic heterocycles. The first kappa shape index (κ1) is 19.3. The predicted molar refractivity (Wildman–Crippen MR) is 106 cm³/mol. The van der Waals surface area contributed by atoms with Gasteiger partial charge >= 0.3 is 0 Å². The van der Waals surface area contributed by atoms with Crippen LogP contribution < -0.4 is 5.32 Å². The lowest BCUT2D eigenvalue weighted by Crippen LogP contribution is -2.27. The van der Waals surface area contributed by atoms with E-state index in [2.05, 4.69) is 46.8 Å². The quantitative estimate of drug-likeness (QED) is 0.648. The molecule has 0 unspecified atom stereocenters. The molecule has 0 atom stereocenters. The van der Waals surface area contributed by atoms with Crippen LogP contribution in [0.4, 0.5) is 5.95 Å². The first-order valence-corrected chi connectivity index (χ1v) is 8.68. The number of rotatable bonds is 8. The van der Waals surface area contributed by atoms with E-state index >= 15 is 0 Å². The Morgan fingerprint density at radius 3 is 2.56 bits per heavy atom. The summed E-state index contributed by atoms with van der Waals surface area (Å²) < 4.78 is 7.91. The van der Waals surface area contributed by atoms with Crippen molar-refractivity contribution in [3.8, 4) is 0 Å². The van der Waals surface area contributed by atoms with Crippen LogP contribution in [0.25, 0.3) is 11.0 Å². The zero-order valence-electron chi connectivity index (χ0n) is 15.2. The van der Waals surface area contributed by atoms with Crippen molar-refractivity contribution in [2.45, 2.75) is 33.9 Å². The Hall–Kier alpha value is -1.98. The molecule has 5 nitrogen and oxygen atoms in total. The molecular weight excluding hydrogens is 336 g/mol. The maximum absolute atomic E-state index is 5.64. The standard InChI is InChI=1S/C19H26N4O.ClH/c1-4-22(5-2)12-13-23-18-9-7-6-8-17(18)21-19(23)20-14-16-11-10-15(3)24-16;/h6-11H,4-5,12-14H2,1-3H3,(H,20,21);1H. The van der Waals surface area contributed by atoms with E-state index in [1.807, 2.05) is 25.1 Å². The highest BCUT2D eigenvalue weighted by Crippen LogP contribution is 2.20. The maximum Gasteiger partial charge on any atom is 0.204 e. The van der Waals surface area contributed by atoms with Crippen molar-refractivity contribution in [1.82, 2.24) is 14.5 Å². The molecule has 25 heavy (non-hydrogen) atoms. The Labute approximate surface area is 155 Å². The molecule has 0 aliphatic heterocycles. The molecule has 0 radical (unpaired) electrons. The molecule has 0 aliphatic rings. The Bertz CT molecular complexity index is 792. The minimum atomic E-state index is 0. The van der Waals surface area contributed by atoms with E-state index in [1.165, 1.54) is 5.52 Å². The third-order valence-electron chi connectivity index (χ3n) is 4.41. The number of halogens is 1. The molecule has 3 rings (SSSR count). The van der Waals surface area contributed by atoms with Crippen LogP contribution in [0, 0.1) is 6.92 Å². The van der Waals surface area contributed by atoms with Gasteiger partial charge in [-0.3, -0.25) is 0 Å². The molecule has 0 saturated carbocycles. The van der Waals surface area contributed by atoms with Crippen molar-refractivity contribution >= 4 is 29.4 Å². The zero-order chi connectivity index (χ0) is 16.9. The van der Waals surface area contributed by atoms with Gasteiger partial charge in [-0.05, 0) is 44.3 Å². The Morgan fingerprint density at radius 1 is 1.12 bits per heavy atom. The second-order valence-corrected chi connectivity index (χ2v) is 5.97. The number of imidazole rings is 1. The van der Waals surface area contributed by atoms with Crippen LogP contribution in [-0.4, -0.2) is 34.1 Å². The number of fused-ring (bicyclic) bond motifs is 1. The SMILES string of the molecule is CCN(CC)CCn1c(NCc2ccc(C)o2)nc2ccccc21.Cl. The summed E-state index contributed by atoms with van der Waals surface area (Å²) >= 11 is 0. The van der Waals surface area contributed by atoms with E-state index in [0.29, 0.717) is 6.54 Å². The van der Waals surface area contributed by atoms with Gasteiger partial charge in [0.05, 0.1) is 17.6 Å². The molecule has 0 fully saturated rings. The number of benzene rings is 1. The fourth-order valence-corrected chi connectivity index (χ4v) is 2.96. The van der Waals surface area contributed by atoms with Crippen LogP contribution in [0.3, 0.4) is 0 Å². The summed E-state index contributed by atoms with van der Waals surface area (Å²) in [6.07, 6.45) is 0. The molecule has 0 bridgehead atoms. The van der Waals surface area contributed by atoms with E-state index in [-0.39, 0.29) is 12.4 Å². The van der Waals surface area contributed by atoms with Crippen LogP contribution >= 0.6 is 12.4 Å². The summed E-state index contributed by atoms with van der Waals surface area (Å²) in [5.41, 5.74) is 2.19. The van der Waals surface area contributed by atoms with Crippen molar-refractivity contribution in [3.05, 3.63) is 47.9 Å². The number of hydrogen-bond donors (Lipinski definition) is 1. The first-order chi connectivity index (χ1) is 11.7. The van der Waals surface area contributed by atoms with Gasteiger partial charge in [0, 0.05) is 13.1 Å². The first-order valence-electron chi connectivity index (χ1n) is 8.68. The molecule has 1 aromatic carbocycles. The summed E-state index contributed by atoms with van der Waals surface area (Å²) in [6.45, 7) is 11.1. The average Bonchev–Trinajstić information content (AvgIpc) is 3.17. The Kier molecular flexibility index (Phi) is 6.91. The van der Waals surface area contributed by atoms with Crippen LogP contribution in [-0.2, 0) is 13.1 Å². The lowest BCUT2D eigenvalue weighted by molar-refractivity contribution is 0.292. The summed E-state index contributed by atoms with van der Waals surface area (Å²) in [5, 5.41) is 3.43. The van der Waals surface area contributed by atoms with E-state index in [4.69, 9.17) is 9.40 Å². The van der Waals surface area contributed by atoms with Crippen LogP contribution in [0.5, 0.6) is 0 Å². The highest BCUT2D eigenvalue weighted by molar-refractivity contribution is 5.85. The highest BCUT2D eigenvalue weighted by atomic mass is 35.5. The van der Waals surface area contributed by atoms with E-state index in [9.17, 15) is 0 Å². The molecule has 2 heterocycles. The fraction of sp³-hybridized carbons (Fsp3) is 0.421. The van der Waals surface area contributed by atoms with Crippen molar-refractivity contribution in [2.75, 3.05) is 25.0 Å².